The first-order valence-corrected chi connectivity index (χ1v) is 17.7. The number of esters is 1. The maximum atomic E-state index is 12.8. The summed E-state index contributed by atoms with van der Waals surface area (Å²) in [6.45, 7) is 10.8. The van der Waals surface area contributed by atoms with Gasteiger partial charge in [-0.05, 0) is 45.2 Å². The van der Waals surface area contributed by atoms with E-state index in [9.17, 15) is 9.90 Å². The summed E-state index contributed by atoms with van der Waals surface area (Å²) in [5.74, 6) is 0.202. The van der Waals surface area contributed by atoms with Gasteiger partial charge in [-0.1, -0.05) is 149 Å². The molecule has 0 amide bonds. The van der Waals surface area contributed by atoms with Crippen molar-refractivity contribution in [2.24, 2.45) is 5.92 Å². The van der Waals surface area contributed by atoms with Crippen molar-refractivity contribution < 1.29 is 14.6 Å². The Kier molecular flexibility index (Phi) is 31.4. The van der Waals surface area contributed by atoms with Gasteiger partial charge in [0.1, 0.15) is 0 Å². The van der Waals surface area contributed by atoms with Crippen LogP contribution in [0.3, 0.4) is 0 Å². The second-order valence-corrected chi connectivity index (χ2v) is 12.1. The van der Waals surface area contributed by atoms with Crippen LogP contribution in [0.5, 0.6) is 0 Å². The summed E-state index contributed by atoms with van der Waals surface area (Å²) in [6.07, 6.45) is 31.2. The Morgan fingerprint density at radius 1 is 0.538 bits per heavy atom. The molecule has 4 nitrogen and oxygen atoms in total. The van der Waals surface area contributed by atoms with E-state index in [1.54, 1.807) is 0 Å². The molecule has 0 saturated heterocycles. The van der Waals surface area contributed by atoms with Crippen LogP contribution in [-0.4, -0.2) is 48.8 Å². The van der Waals surface area contributed by atoms with Gasteiger partial charge < -0.3 is 14.7 Å². The van der Waals surface area contributed by atoms with Crippen LogP contribution in [0, 0.1) is 5.92 Å². The number of nitrogens with zero attached hydrogens (tertiary/aromatic N) is 1. The number of hydrogen-bond acceptors (Lipinski definition) is 4. The van der Waals surface area contributed by atoms with Crippen molar-refractivity contribution in [3.63, 3.8) is 0 Å². The molecule has 0 aromatic heterocycles. The highest BCUT2D eigenvalue weighted by atomic mass is 16.5. The number of aliphatic hydroxyl groups is 1. The fourth-order valence-electron chi connectivity index (χ4n) is 5.57. The third-order valence-electron chi connectivity index (χ3n) is 8.25. The summed E-state index contributed by atoms with van der Waals surface area (Å²) < 4.78 is 5.75. The van der Waals surface area contributed by atoms with E-state index >= 15 is 0 Å². The third kappa shape index (κ3) is 27.3. The fourth-order valence-corrected chi connectivity index (χ4v) is 5.57. The number of rotatable bonds is 32. The van der Waals surface area contributed by atoms with E-state index in [1.807, 2.05) is 0 Å². The lowest BCUT2D eigenvalue weighted by Crippen LogP contribution is -2.29. The van der Waals surface area contributed by atoms with E-state index in [2.05, 4.69) is 25.7 Å². The van der Waals surface area contributed by atoms with Crippen molar-refractivity contribution in [2.75, 3.05) is 32.8 Å². The van der Waals surface area contributed by atoms with E-state index in [-0.39, 0.29) is 18.5 Å². The standard InChI is InChI=1S/C35H71NO3/c1-4-7-10-13-18-23-28-34(27-22-12-9-6-3)35(38)39-33-26-21-17-15-16-20-25-30-36(31-32-37)29-24-19-14-11-8-5-2/h34,37H,4-33H2,1-3H3. The Morgan fingerprint density at radius 3 is 1.38 bits per heavy atom. The summed E-state index contributed by atoms with van der Waals surface area (Å²) in [6, 6.07) is 0. The van der Waals surface area contributed by atoms with Crippen molar-refractivity contribution in [2.45, 2.75) is 181 Å². The number of ether oxygens (including phenoxy) is 1. The molecule has 234 valence electrons. The van der Waals surface area contributed by atoms with E-state index in [0.717, 1.165) is 38.9 Å². The average Bonchev–Trinajstić information content (AvgIpc) is 2.94. The fraction of sp³-hybridized carbons (Fsp3) is 0.971. The van der Waals surface area contributed by atoms with Crippen LogP contribution in [0.25, 0.3) is 0 Å². The first-order chi connectivity index (χ1) is 19.2. The normalized spacial score (nSPS) is 12.3. The van der Waals surface area contributed by atoms with Gasteiger partial charge in [0.05, 0.1) is 19.1 Å². The quantitative estimate of drug-likeness (QED) is 0.0665. The molecule has 0 rings (SSSR count). The van der Waals surface area contributed by atoms with Crippen molar-refractivity contribution in [1.82, 2.24) is 4.90 Å². The van der Waals surface area contributed by atoms with E-state index in [1.165, 1.54) is 141 Å². The van der Waals surface area contributed by atoms with Gasteiger partial charge in [0.2, 0.25) is 0 Å². The van der Waals surface area contributed by atoms with Crippen LogP contribution in [0.2, 0.25) is 0 Å². The van der Waals surface area contributed by atoms with Gasteiger partial charge in [-0.3, -0.25) is 4.79 Å². The van der Waals surface area contributed by atoms with Crippen LogP contribution >= 0.6 is 0 Å². The topological polar surface area (TPSA) is 49.8 Å². The number of hydrogen-bond donors (Lipinski definition) is 1. The number of unbranched alkanes of at least 4 members (excludes halogenated alkanes) is 19. The van der Waals surface area contributed by atoms with E-state index < -0.39 is 0 Å². The maximum Gasteiger partial charge on any atom is 0.308 e. The molecule has 0 aromatic carbocycles. The first kappa shape index (κ1) is 38.4. The molecule has 0 heterocycles. The summed E-state index contributed by atoms with van der Waals surface area (Å²) in [5.41, 5.74) is 0. The van der Waals surface area contributed by atoms with Crippen LogP contribution in [0.4, 0.5) is 0 Å². The Hall–Kier alpha value is -0.610. The van der Waals surface area contributed by atoms with Crippen LogP contribution < -0.4 is 0 Å². The molecule has 0 saturated carbocycles. The monoisotopic (exact) mass is 554 g/mol. The zero-order chi connectivity index (χ0) is 28.7. The smallest absolute Gasteiger partial charge is 0.308 e. The highest BCUT2D eigenvalue weighted by molar-refractivity contribution is 5.72. The molecule has 0 bridgehead atoms. The lowest BCUT2D eigenvalue weighted by Gasteiger charge is -2.21. The molecular formula is C35H71NO3. The van der Waals surface area contributed by atoms with Crippen molar-refractivity contribution in [1.29, 1.82) is 0 Å². The second kappa shape index (κ2) is 31.9. The Morgan fingerprint density at radius 2 is 0.923 bits per heavy atom. The molecule has 0 radical (unpaired) electrons. The predicted molar refractivity (Wildman–Crippen MR) is 170 cm³/mol. The number of aliphatic hydroxyl groups excluding tert-OH is 1. The van der Waals surface area contributed by atoms with Crippen LogP contribution in [0.15, 0.2) is 0 Å². The molecular weight excluding hydrogens is 482 g/mol. The molecule has 1 unspecified atom stereocenters. The van der Waals surface area contributed by atoms with Gasteiger partial charge in [-0.25, -0.2) is 0 Å². The van der Waals surface area contributed by atoms with Gasteiger partial charge in [0, 0.05) is 6.54 Å². The molecule has 1 N–H and O–H groups in total. The molecule has 0 aliphatic carbocycles. The molecule has 4 heteroatoms. The summed E-state index contributed by atoms with van der Waals surface area (Å²) >= 11 is 0. The SMILES string of the molecule is CCCCCCCCC(CCCCCC)C(=O)OCCCCCCCCCN(CCO)CCCCCCCC. The zero-order valence-corrected chi connectivity index (χ0v) is 27.0. The molecule has 1 atom stereocenters. The molecule has 0 spiro atoms. The van der Waals surface area contributed by atoms with Crippen molar-refractivity contribution >= 4 is 5.97 Å². The highest BCUT2D eigenvalue weighted by Crippen LogP contribution is 2.21. The van der Waals surface area contributed by atoms with E-state index in [4.69, 9.17) is 4.74 Å². The Bertz CT molecular complexity index is 485. The minimum absolute atomic E-state index is 0.0773. The largest absolute Gasteiger partial charge is 0.465 e. The van der Waals surface area contributed by atoms with Gasteiger partial charge in [0.15, 0.2) is 0 Å². The van der Waals surface area contributed by atoms with Crippen molar-refractivity contribution in [3.8, 4) is 0 Å². The zero-order valence-electron chi connectivity index (χ0n) is 27.0. The summed E-state index contributed by atoms with van der Waals surface area (Å²) in [7, 11) is 0. The molecule has 0 aliphatic heterocycles. The lowest BCUT2D eigenvalue weighted by atomic mass is 9.94. The van der Waals surface area contributed by atoms with Gasteiger partial charge >= 0.3 is 5.97 Å². The van der Waals surface area contributed by atoms with Crippen LogP contribution in [-0.2, 0) is 9.53 Å². The Labute approximate surface area is 245 Å². The summed E-state index contributed by atoms with van der Waals surface area (Å²) in [5, 5.41) is 9.38. The van der Waals surface area contributed by atoms with E-state index in [0.29, 0.717) is 6.61 Å². The summed E-state index contributed by atoms with van der Waals surface area (Å²) in [4.78, 5) is 15.2. The average molecular weight is 554 g/mol. The van der Waals surface area contributed by atoms with Gasteiger partial charge in [-0.2, -0.15) is 0 Å². The van der Waals surface area contributed by atoms with Crippen molar-refractivity contribution in [3.05, 3.63) is 0 Å². The lowest BCUT2D eigenvalue weighted by molar-refractivity contribution is -0.149. The minimum Gasteiger partial charge on any atom is -0.465 e. The third-order valence-corrected chi connectivity index (χ3v) is 8.25. The highest BCUT2D eigenvalue weighted by Gasteiger charge is 2.19. The number of carbonyl (C=O) groups is 1. The molecule has 39 heavy (non-hydrogen) atoms. The maximum absolute atomic E-state index is 12.8. The van der Waals surface area contributed by atoms with Gasteiger partial charge in [0.25, 0.3) is 0 Å². The molecule has 0 aliphatic rings. The first-order valence-electron chi connectivity index (χ1n) is 17.7. The Balaban J connectivity index is 3.88. The second-order valence-electron chi connectivity index (χ2n) is 12.1. The van der Waals surface area contributed by atoms with Gasteiger partial charge in [-0.15, -0.1) is 0 Å². The minimum atomic E-state index is 0.0773. The van der Waals surface area contributed by atoms with Crippen LogP contribution in [0.1, 0.15) is 181 Å². The number of carbonyl (C=O) groups excluding carboxylic acids is 1. The predicted octanol–water partition coefficient (Wildman–Crippen LogP) is 10.3. The molecule has 0 fully saturated rings. The molecule has 0 aromatic rings.